The molecule has 1 unspecified atom stereocenters. The summed E-state index contributed by atoms with van der Waals surface area (Å²) in [6, 6.07) is 11.4. The highest BCUT2D eigenvalue weighted by Crippen LogP contribution is 2.28. The summed E-state index contributed by atoms with van der Waals surface area (Å²) in [5.41, 5.74) is 2.49. The van der Waals surface area contributed by atoms with E-state index in [1.807, 2.05) is 18.2 Å². The first-order chi connectivity index (χ1) is 17.8. The molecule has 1 saturated heterocycles. The lowest BCUT2D eigenvalue weighted by atomic mass is 10.0. The number of aliphatic hydroxyl groups is 1. The summed E-state index contributed by atoms with van der Waals surface area (Å²) < 4.78 is 19.0. The van der Waals surface area contributed by atoms with Gasteiger partial charge in [-0.15, -0.1) is 0 Å². The van der Waals surface area contributed by atoms with Crippen LogP contribution in [0.3, 0.4) is 0 Å². The molecule has 1 fully saturated rings. The number of halogens is 1. The lowest BCUT2D eigenvalue weighted by Crippen LogP contribution is -2.48. The number of nitrogens with one attached hydrogen (secondary N) is 1. The zero-order valence-corrected chi connectivity index (χ0v) is 20.2. The van der Waals surface area contributed by atoms with E-state index in [2.05, 4.69) is 27.1 Å². The molecule has 2 aliphatic rings. The Morgan fingerprint density at radius 1 is 1.24 bits per heavy atom. The topological polar surface area (TPSA) is 105 Å². The first-order valence-corrected chi connectivity index (χ1v) is 11.9. The second-order valence-corrected chi connectivity index (χ2v) is 9.26. The molecule has 37 heavy (non-hydrogen) atoms. The molecular formula is C28H25FN4O4. The highest BCUT2D eigenvalue weighted by molar-refractivity contribution is 6.02. The van der Waals surface area contributed by atoms with E-state index >= 15 is 0 Å². The molecule has 1 atom stereocenters. The first kappa shape index (κ1) is 24.6. The minimum absolute atomic E-state index is 0.148. The third-order valence-corrected chi connectivity index (χ3v) is 6.49. The largest absolute Gasteiger partial charge is 0.373 e. The van der Waals surface area contributed by atoms with E-state index in [1.54, 1.807) is 31.3 Å². The number of aryl methyl sites for hydroxylation is 1. The number of pyridine rings is 2. The molecule has 2 aliphatic heterocycles. The van der Waals surface area contributed by atoms with Gasteiger partial charge < -0.3 is 20.1 Å². The fraction of sp³-hybridized carbons (Fsp3) is 0.286. The van der Waals surface area contributed by atoms with Gasteiger partial charge in [-0.1, -0.05) is 24.0 Å². The Hall–Kier alpha value is -4.13. The van der Waals surface area contributed by atoms with Crippen molar-refractivity contribution < 1.29 is 23.8 Å². The summed E-state index contributed by atoms with van der Waals surface area (Å²) in [5.74, 6) is 4.50. The van der Waals surface area contributed by atoms with Gasteiger partial charge in [0.25, 0.3) is 5.91 Å². The Bertz CT molecular complexity index is 1430. The maximum Gasteiger partial charge on any atom is 0.270 e. The van der Waals surface area contributed by atoms with Gasteiger partial charge in [0, 0.05) is 42.7 Å². The molecule has 0 aliphatic carbocycles. The van der Waals surface area contributed by atoms with Crippen molar-refractivity contribution in [2.45, 2.75) is 30.9 Å². The number of hydrogen-bond acceptors (Lipinski definition) is 6. The quantitative estimate of drug-likeness (QED) is 0.420. The number of fused-ring (bicyclic) bond motifs is 1. The molecule has 0 spiro atoms. The van der Waals surface area contributed by atoms with Crippen LogP contribution < -0.4 is 10.2 Å². The first-order valence-electron chi connectivity index (χ1n) is 11.9. The molecule has 188 valence electrons. The Morgan fingerprint density at radius 3 is 2.84 bits per heavy atom. The van der Waals surface area contributed by atoms with Crippen LogP contribution in [-0.4, -0.2) is 58.8 Å². The molecule has 8 nitrogen and oxygen atoms in total. The van der Waals surface area contributed by atoms with Crippen molar-refractivity contribution in [1.82, 2.24) is 15.3 Å². The average molecular weight is 501 g/mol. The Labute approximate surface area is 213 Å². The van der Waals surface area contributed by atoms with E-state index < -0.39 is 23.5 Å². The summed E-state index contributed by atoms with van der Waals surface area (Å²) in [6.45, 7) is 0.367. The van der Waals surface area contributed by atoms with Gasteiger partial charge >= 0.3 is 0 Å². The predicted octanol–water partition coefficient (Wildman–Crippen LogP) is 2.03. The molecule has 2 aromatic heterocycles. The van der Waals surface area contributed by atoms with Crippen LogP contribution in [0.2, 0.25) is 0 Å². The number of aromatic nitrogens is 2. The van der Waals surface area contributed by atoms with Gasteiger partial charge in [-0.2, -0.15) is 4.39 Å². The van der Waals surface area contributed by atoms with Crippen molar-refractivity contribution in [3.8, 4) is 11.8 Å². The van der Waals surface area contributed by atoms with E-state index in [1.165, 1.54) is 17.3 Å². The van der Waals surface area contributed by atoms with E-state index in [-0.39, 0.29) is 31.2 Å². The van der Waals surface area contributed by atoms with Crippen LogP contribution in [0.25, 0.3) is 0 Å². The Morgan fingerprint density at radius 2 is 2.08 bits per heavy atom. The van der Waals surface area contributed by atoms with E-state index in [4.69, 9.17) is 4.74 Å². The second-order valence-electron chi connectivity index (χ2n) is 9.26. The number of amides is 2. The number of nitrogens with zero attached hydrogens (tertiary/aromatic N) is 3. The molecule has 1 aromatic carbocycles. The minimum atomic E-state index is -1.12. The third-order valence-electron chi connectivity index (χ3n) is 6.49. The van der Waals surface area contributed by atoms with Crippen LogP contribution in [0.1, 0.15) is 39.2 Å². The van der Waals surface area contributed by atoms with Crippen LogP contribution in [0, 0.1) is 17.8 Å². The predicted molar refractivity (Wildman–Crippen MR) is 133 cm³/mol. The van der Waals surface area contributed by atoms with Gasteiger partial charge in [0.15, 0.2) is 5.60 Å². The standard InChI is InChI=1S/C28H25FN4O4/c1-33-24-15-18(8-10-28(36)16-37-17-28)4-5-20(24)6-7-22(27(33)35)32-26(34)23-14-19(9-12-30-23)13-21-3-2-11-31-25(21)29/h2-5,9,11-12,14-15,22,36H,6-7,13,16-17H2,1H3,(H,32,34). The summed E-state index contributed by atoms with van der Waals surface area (Å²) in [6.07, 6.45) is 4.13. The van der Waals surface area contributed by atoms with Crippen LogP contribution in [0.5, 0.6) is 0 Å². The lowest BCUT2D eigenvalue weighted by molar-refractivity contribution is -0.140. The zero-order valence-electron chi connectivity index (χ0n) is 20.2. The lowest BCUT2D eigenvalue weighted by Gasteiger charge is -2.30. The van der Waals surface area contributed by atoms with Gasteiger partial charge in [0.2, 0.25) is 11.9 Å². The van der Waals surface area contributed by atoms with Crippen molar-refractivity contribution in [3.63, 3.8) is 0 Å². The van der Waals surface area contributed by atoms with Crippen molar-refractivity contribution in [3.05, 3.63) is 88.8 Å². The van der Waals surface area contributed by atoms with Gasteiger partial charge in [-0.25, -0.2) is 4.98 Å². The molecule has 5 rings (SSSR count). The molecule has 2 N–H and O–H groups in total. The average Bonchev–Trinajstić information content (AvgIpc) is 3.00. The summed E-state index contributed by atoms with van der Waals surface area (Å²) in [7, 11) is 1.66. The van der Waals surface area contributed by atoms with Gasteiger partial charge in [0.1, 0.15) is 11.7 Å². The minimum Gasteiger partial charge on any atom is -0.373 e. The van der Waals surface area contributed by atoms with Crippen LogP contribution in [0.4, 0.5) is 10.1 Å². The molecular weight excluding hydrogens is 475 g/mol. The second kappa shape index (κ2) is 10.1. The van der Waals surface area contributed by atoms with Gasteiger partial charge in [0.05, 0.1) is 13.2 Å². The monoisotopic (exact) mass is 500 g/mol. The highest BCUT2D eigenvalue weighted by atomic mass is 19.1. The van der Waals surface area contributed by atoms with E-state index in [9.17, 15) is 19.1 Å². The Kier molecular flexibility index (Phi) is 6.70. The van der Waals surface area contributed by atoms with E-state index in [0.29, 0.717) is 35.2 Å². The zero-order chi connectivity index (χ0) is 26.0. The number of rotatable bonds is 4. The molecule has 9 heteroatoms. The van der Waals surface area contributed by atoms with E-state index in [0.717, 1.165) is 5.56 Å². The third kappa shape index (κ3) is 5.35. The number of likely N-dealkylation sites (N-methyl/N-ethyl adjacent to an activating group) is 1. The fourth-order valence-electron chi connectivity index (χ4n) is 4.34. The van der Waals surface area contributed by atoms with Crippen molar-refractivity contribution in [2.75, 3.05) is 25.2 Å². The fourth-order valence-corrected chi connectivity index (χ4v) is 4.34. The maximum atomic E-state index is 13.9. The van der Waals surface area contributed by atoms with Gasteiger partial charge in [-0.05, 0) is 54.3 Å². The number of carbonyl (C=O) groups is 2. The number of ether oxygens (including phenoxy) is 1. The van der Waals surface area contributed by atoms with Crippen molar-refractivity contribution in [1.29, 1.82) is 0 Å². The normalized spacial score (nSPS) is 18.1. The number of anilines is 1. The maximum absolute atomic E-state index is 13.9. The van der Waals surface area contributed by atoms with Crippen LogP contribution in [0.15, 0.2) is 54.9 Å². The summed E-state index contributed by atoms with van der Waals surface area (Å²) in [5, 5.41) is 13.0. The van der Waals surface area contributed by atoms with Crippen LogP contribution in [-0.2, 0) is 22.4 Å². The molecule has 0 radical (unpaired) electrons. The molecule has 0 bridgehead atoms. The van der Waals surface area contributed by atoms with Crippen LogP contribution >= 0.6 is 0 Å². The summed E-state index contributed by atoms with van der Waals surface area (Å²) in [4.78, 5) is 35.6. The van der Waals surface area contributed by atoms with Gasteiger partial charge in [-0.3, -0.25) is 14.6 Å². The number of carbonyl (C=O) groups excluding carboxylic acids is 2. The SMILES string of the molecule is CN1C(=O)C(NC(=O)c2cc(Cc3cccnc3F)ccn2)CCc2ccc(C#CC3(O)COC3)cc21. The molecule has 3 aromatic rings. The smallest absolute Gasteiger partial charge is 0.270 e. The molecule has 0 saturated carbocycles. The molecule has 2 amide bonds. The summed E-state index contributed by atoms with van der Waals surface area (Å²) >= 11 is 0. The number of benzene rings is 1. The molecule has 4 heterocycles. The van der Waals surface area contributed by atoms with Crippen molar-refractivity contribution >= 4 is 17.5 Å². The highest BCUT2D eigenvalue weighted by Gasteiger charge is 2.34. The van der Waals surface area contributed by atoms with Crippen molar-refractivity contribution in [2.24, 2.45) is 0 Å². The Balaban J connectivity index is 1.29. The number of hydrogen-bond donors (Lipinski definition) is 2.